The molecular weight excluding hydrogens is 286 g/mol. The highest BCUT2D eigenvalue weighted by molar-refractivity contribution is 7.17. The Hall–Kier alpha value is -1.59. The summed E-state index contributed by atoms with van der Waals surface area (Å²) in [5.41, 5.74) is 0.781. The highest BCUT2D eigenvalue weighted by Gasteiger charge is 2.51. The van der Waals surface area contributed by atoms with Crippen molar-refractivity contribution in [3.63, 3.8) is 0 Å². The van der Waals surface area contributed by atoms with Gasteiger partial charge in [0, 0.05) is 4.70 Å². The highest BCUT2D eigenvalue weighted by Crippen LogP contribution is 2.50. The minimum atomic E-state index is -0.400. The maximum atomic E-state index is 11.8. The zero-order valence-corrected chi connectivity index (χ0v) is 12.9. The standard InChI is InChI=1S/C16H19NO3S/c1-2-7-19-12-3-4-14-13(8-12)11(10-21-14)9-16(5-6-16)15(18)20-17/h3-4,8,10H,2,5-7,9,17H2,1H3. The molecule has 1 aromatic carbocycles. The number of fused-ring (bicyclic) bond motifs is 1. The number of carbonyl (C=O) groups is 1. The molecule has 2 aromatic rings. The van der Waals surface area contributed by atoms with Crippen LogP contribution in [0.2, 0.25) is 0 Å². The molecule has 0 aliphatic heterocycles. The van der Waals surface area contributed by atoms with Crippen LogP contribution in [-0.2, 0) is 16.1 Å². The van der Waals surface area contributed by atoms with Crippen molar-refractivity contribution >= 4 is 27.4 Å². The van der Waals surface area contributed by atoms with Gasteiger partial charge in [0.25, 0.3) is 0 Å². The summed E-state index contributed by atoms with van der Waals surface area (Å²) in [7, 11) is 0. The van der Waals surface area contributed by atoms with Crippen molar-refractivity contribution in [1.29, 1.82) is 0 Å². The van der Waals surface area contributed by atoms with Crippen molar-refractivity contribution < 1.29 is 14.4 Å². The molecule has 4 nitrogen and oxygen atoms in total. The molecule has 0 atom stereocenters. The molecule has 0 amide bonds. The molecule has 112 valence electrons. The molecular formula is C16H19NO3S. The lowest BCUT2D eigenvalue weighted by molar-refractivity contribution is -0.150. The van der Waals surface area contributed by atoms with Crippen molar-refractivity contribution in [3.05, 3.63) is 29.1 Å². The van der Waals surface area contributed by atoms with E-state index in [2.05, 4.69) is 29.3 Å². The lowest BCUT2D eigenvalue weighted by atomic mass is 9.96. The van der Waals surface area contributed by atoms with Gasteiger partial charge in [0.2, 0.25) is 0 Å². The van der Waals surface area contributed by atoms with Gasteiger partial charge in [-0.1, -0.05) is 6.92 Å². The monoisotopic (exact) mass is 305 g/mol. The Bertz CT molecular complexity index is 661. The van der Waals surface area contributed by atoms with Crippen LogP contribution < -0.4 is 10.6 Å². The number of hydrogen-bond acceptors (Lipinski definition) is 5. The van der Waals surface area contributed by atoms with Gasteiger partial charge in [-0.05, 0) is 60.2 Å². The fourth-order valence-electron chi connectivity index (χ4n) is 2.60. The topological polar surface area (TPSA) is 61.5 Å². The maximum absolute atomic E-state index is 11.8. The summed E-state index contributed by atoms with van der Waals surface area (Å²) in [6.45, 7) is 2.80. The summed E-state index contributed by atoms with van der Waals surface area (Å²) in [6, 6.07) is 6.15. The Labute approximate surface area is 127 Å². The van der Waals surface area contributed by atoms with E-state index in [0.717, 1.165) is 25.0 Å². The Balaban J connectivity index is 1.87. The van der Waals surface area contributed by atoms with Gasteiger partial charge >= 0.3 is 5.97 Å². The number of hydrogen-bond donors (Lipinski definition) is 1. The molecule has 21 heavy (non-hydrogen) atoms. The van der Waals surface area contributed by atoms with Gasteiger partial charge in [0.1, 0.15) is 5.75 Å². The third-order valence-electron chi connectivity index (χ3n) is 4.02. The van der Waals surface area contributed by atoms with Crippen LogP contribution >= 0.6 is 11.3 Å². The van der Waals surface area contributed by atoms with E-state index in [1.807, 2.05) is 6.07 Å². The molecule has 0 radical (unpaired) electrons. The molecule has 2 N–H and O–H groups in total. The minimum Gasteiger partial charge on any atom is -0.494 e. The number of thiophene rings is 1. The second-order valence-electron chi connectivity index (χ2n) is 5.63. The summed E-state index contributed by atoms with van der Waals surface area (Å²) in [6.07, 6.45) is 3.39. The third kappa shape index (κ3) is 2.76. The smallest absolute Gasteiger partial charge is 0.330 e. The first kappa shape index (κ1) is 14.4. The van der Waals surface area contributed by atoms with Crippen LogP contribution in [-0.4, -0.2) is 12.6 Å². The number of ether oxygens (including phenoxy) is 1. The second-order valence-corrected chi connectivity index (χ2v) is 6.54. The predicted molar refractivity (Wildman–Crippen MR) is 83.3 cm³/mol. The van der Waals surface area contributed by atoms with E-state index in [1.54, 1.807) is 11.3 Å². The molecule has 1 aromatic heterocycles. The quantitative estimate of drug-likeness (QED) is 0.831. The average Bonchev–Trinajstić information content (AvgIpc) is 3.20. The normalized spacial score (nSPS) is 15.9. The number of carbonyl (C=O) groups excluding carboxylic acids is 1. The molecule has 5 heteroatoms. The van der Waals surface area contributed by atoms with Gasteiger partial charge in [-0.15, -0.1) is 11.3 Å². The Morgan fingerprint density at radius 2 is 2.24 bits per heavy atom. The number of rotatable bonds is 6. The van der Waals surface area contributed by atoms with Crippen LogP contribution in [0.3, 0.4) is 0 Å². The number of nitrogens with two attached hydrogens (primary N) is 1. The Morgan fingerprint density at radius 1 is 1.43 bits per heavy atom. The first-order valence-electron chi connectivity index (χ1n) is 7.22. The zero-order valence-electron chi connectivity index (χ0n) is 12.1. The van der Waals surface area contributed by atoms with Gasteiger partial charge in [-0.25, -0.2) is 4.79 Å². The van der Waals surface area contributed by atoms with Gasteiger partial charge in [0.05, 0.1) is 12.0 Å². The average molecular weight is 305 g/mol. The molecule has 1 fully saturated rings. The van der Waals surface area contributed by atoms with E-state index in [9.17, 15) is 4.79 Å². The molecule has 1 aliphatic carbocycles. The van der Waals surface area contributed by atoms with Gasteiger partial charge in [0.15, 0.2) is 0 Å². The molecule has 0 spiro atoms. The predicted octanol–water partition coefficient (Wildman–Crippen LogP) is 3.43. The summed E-state index contributed by atoms with van der Waals surface area (Å²) in [5.74, 6) is 5.64. The lowest BCUT2D eigenvalue weighted by Crippen LogP contribution is -2.24. The van der Waals surface area contributed by atoms with Crippen LogP contribution in [0.4, 0.5) is 0 Å². The fraction of sp³-hybridized carbons (Fsp3) is 0.438. The molecule has 3 rings (SSSR count). The van der Waals surface area contributed by atoms with Crippen LogP contribution in [0.15, 0.2) is 23.6 Å². The van der Waals surface area contributed by atoms with E-state index >= 15 is 0 Å². The third-order valence-corrected chi connectivity index (χ3v) is 5.03. The molecule has 0 bridgehead atoms. The summed E-state index contributed by atoms with van der Waals surface area (Å²) in [4.78, 5) is 16.3. The van der Waals surface area contributed by atoms with Gasteiger partial charge in [-0.3, -0.25) is 0 Å². The van der Waals surface area contributed by atoms with E-state index < -0.39 is 5.41 Å². The number of benzene rings is 1. The van der Waals surface area contributed by atoms with Crippen LogP contribution in [0, 0.1) is 5.41 Å². The van der Waals surface area contributed by atoms with Gasteiger partial charge < -0.3 is 9.57 Å². The van der Waals surface area contributed by atoms with Crippen molar-refractivity contribution in [2.24, 2.45) is 11.3 Å². The second kappa shape index (κ2) is 5.66. The summed E-state index contributed by atoms with van der Waals surface area (Å²) < 4.78 is 6.91. The Morgan fingerprint density at radius 3 is 2.90 bits per heavy atom. The molecule has 0 saturated heterocycles. The van der Waals surface area contributed by atoms with Crippen molar-refractivity contribution in [2.75, 3.05) is 6.61 Å². The van der Waals surface area contributed by atoms with Crippen molar-refractivity contribution in [3.8, 4) is 5.75 Å². The van der Waals surface area contributed by atoms with Gasteiger partial charge in [-0.2, -0.15) is 5.90 Å². The van der Waals surface area contributed by atoms with E-state index in [1.165, 1.54) is 15.6 Å². The molecule has 1 aliphatic rings. The fourth-order valence-corrected chi connectivity index (χ4v) is 3.54. The van der Waals surface area contributed by atoms with E-state index in [-0.39, 0.29) is 5.97 Å². The van der Waals surface area contributed by atoms with E-state index in [4.69, 9.17) is 10.6 Å². The summed E-state index contributed by atoms with van der Waals surface area (Å²) >= 11 is 1.70. The first-order chi connectivity index (χ1) is 10.2. The molecule has 1 heterocycles. The first-order valence-corrected chi connectivity index (χ1v) is 8.10. The SMILES string of the molecule is CCCOc1ccc2scc(CC3(C(=O)ON)CC3)c2c1. The summed E-state index contributed by atoms with van der Waals surface area (Å²) in [5, 5.41) is 3.29. The minimum absolute atomic E-state index is 0.291. The molecule has 0 unspecified atom stereocenters. The van der Waals surface area contributed by atoms with Crippen LogP contribution in [0.5, 0.6) is 5.75 Å². The van der Waals surface area contributed by atoms with Crippen molar-refractivity contribution in [1.82, 2.24) is 0 Å². The zero-order chi connectivity index (χ0) is 14.9. The van der Waals surface area contributed by atoms with Crippen LogP contribution in [0.1, 0.15) is 31.7 Å². The maximum Gasteiger partial charge on any atom is 0.330 e. The van der Waals surface area contributed by atoms with Crippen LogP contribution in [0.25, 0.3) is 10.1 Å². The largest absolute Gasteiger partial charge is 0.494 e. The van der Waals surface area contributed by atoms with Crippen molar-refractivity contribution in [2.45, 2.75) is 32.6 Å². The van der Waals surface area contributed by atoms with E-state index in [0.29, 0.717) is 13.0 Å². The highest BCUT2D eigenvalue weighted by atomic mass is 32.1. The Kier molecular flexibility index (Phi) is 3.87. The lowest BCUT2D eigenvalue weighted by Gasteiger charge is -2.11. The molecule has 1 saturated carbocycles.